The second kappa shape index (κ2) is 5.37. The lowest BCUT2D eigenvalue weighted by molar-refractivity contribution is -0.139. The Kier molecular flexibility index (Phi) is 3.77. The molecule has 0 bridgehead atoms. The molecule has 7 nitrogen and oxygen atoms in total. The van der Waals surface area contributed by atoms with Crippen molar-refractivity contribution in [1.29, 1.82) is 0 Å². The standard InChI is InChI=1S/C14H12O7/c15-6(5-10(17)18)4-8-12(19)7-2-1-3-9(16)11(7)14(21)13(8)20/h1-3,6,15-16,19H,4-5H2,(H,17,18)/t6-/m0/s1. The third-order valence-electron chi connectivity index (χ3n) is 3.14. The molecule has 0 fully saturated rings. The monoisotopic (exact) mass is 292 g/mol. The number of carboxylic acid groups (broad SMARTS) is 1. The highest BCUT2D eigenvalue weighted by molar-refractivity contribution is 6.52. The maximum atomic E-state index is 11.9. The molecular formula is C14H12O7. The molecule has 1 aromatic carbocycles. The van der Waals surface area contributed by atoms with E-state index in [1.165, 1.54) is 18.2 Å². The van der Waals surface area contributed by atoms with E-state index in [1.807, 2.05) is 0 Å². The molecule has 0 radical (unpaired) electrons. The zero-order valence-corrected chi connectivity index (χ0v) is 10.7. The molecule has 1 aromatic rings. The van der Waals surface area contributed by atoms with Crippen LogP contribution in [0.1, 0.15) is 28.8 Å². The Morgan fingerprint density at radius 2 is 1.81 bits per heavy atom. The Morgan fingerprint density at radius 1 is 1.14 bits per heavy atom. The van der Waals surface area contributed by atoms with Crippen molar-refractivity contribution in [2.75, 3.05) is 0 Å². The summed E-state index contributed by atoms with van der Waals surface area (Å²) in [6.45, 7) is 0. The van der Waals surface area contributed by atoms with Crippen LogP contribution in [0, 0.1) is 0 Å². The van der Waals surface area contributed by atoms with Crippen molar-refractivity contribution in [3.8, 4) is 5.75 Å². The van der Waals surface area contributed by atoms with E-state index < -0.39 is 48.0 Å². The van der Waals surface area contributed by atoms with E-state index in [0.29, 0.717) is 0 Å². The number of aromatic hydroxyl groups is 1. The van der Waals surface area contributed by atoms with Crippen LogP contribution in [0.5, 0.6) is 5.75 Å². The maximum absolute atomic E-state index is 11.9. The van der Waals surface area contributed by atoms with E-state index in [-0.39, 0.29) is 16.7 Å². The second-order valence-electron chi connectivity index (χ2n) is 4.64. The number of aliphatic hydroxyl groups is 2. The minimum absolute atomic E-state index is 0.0166. The summed E-state index contributed by atoms with van der Waals surface area (Å²) in [6.07, 6.45) is -2.49. The highest BCUT2D eigenvalue weighted by Crippen LogP contribution is 2.34. The zero-order valence-electron chi connectivity index (χ0n) is 10.7. The van der Waals surface area contributed by atoms with Gasteiger partial charge in [-0.05, 0) is 6.07 Å². The summed E-state index contributed by atoms with van der Waals surface area (Å²) < 4.78 is 0. The molecule has 1 aliphatic rings. The van der Waals surface area contributed by atoms with Crippen molar-refractivity contribution in [2.24, 2.45) is 0 Å². The van der Waals surface area contributed by atoms with Crippen LogP contribution in [-0.2, 0) is 9.59 Å². The molecule has 7 heteroatoms. The van der Waals surface area contributed by atoms with Gasteiger partial charge < -0.3 is 20.4 Å². The summed E-state index contributed by atoms with van der Waals surface area (Å²) in [5.41, 5.74) is -0.666. The van der Waals surface area contributed by atoms with Crippen molar-refractivity contribution in [1.82, 2.24) is 0 Å². The number of benzene rings is 1. The van der Waals surface area contributed by atoms with Crippen LogP contribution in [0.2, 0.25) is 0 Å². The molecule has 0 saturated heterocycles. The molecule has 0 heterocycles. The van der Waals surface area contributed by atoms with E-state index in [1.54, 1.807) is 0 Å². The Bertz CT molecular complexity index is 672. The van der Waals surface area contributed by atoms with Crippen LogP contribution in [0.3, 0.4) is 0 Å². The van der Waals surface area contributed by atoms with Crippen LogP contribution in [0.4, 0.5) is 0 Å². The molecule has 0 aliphatic heterocycles. The van der Waals surface area contributed by atoms with Crippen LogP contribution >= 0.6 is 0 Å². The molecule has 1 atom stereocenters. The highest BCUT2D eigenvalue weighted by atomic mass is 16.4. The first-order valence-electron chi connectivity index (χ1n) is 6.06. The largest absolute Gasteiger partial charge is 0.507 e. The second-order valence-corrected chi connectivity index (χ2v) is 4.64. The van der Waals surface area contributed by atoms with Gasteiger partial charge in [-0.2, -0.15) is 0 Å². The van der Waals surface area contributed by atoms with Gasteiger partial charge in [0.2, 0.25) is 11.6 Å². The summed E-state index contributed by atoms with van der Waals surface area (Å²) >= 11 is 0. The van der Waals surface area contributed by atoms with Gasteiger partial charge in [0.15, 0.2) is 0 Å². The SMILES string of the molecule is O=C(O)C[C@@H](O)CC1=C(O)c2cccc(O)c2C(=O)C1=O. The summed E-state index contributed by atoms with van der Waals surface area (Å²) in [6, 6.07) is 3.94. The van der Waals surface area contributed by atoms with Gasteiger partial charge >= 0.3 is 5.97 Å². The lowest BCUT2D eigenvalue weighted by Crippen LogP contribution is -2.27. The van der Waals surface area contributed by atoms with E-state index in [2.05, 4.69) is 0 Å². The van der Waals surface area contributed by atoms with Gasteiger partial charge in [0.25, 0.3) is 0 Å². The Balaban J connectivity index is 2.46. The molecule has 21 heavy (non-hydrogen) atoms. The average Bonchev–Trinajstić information content (AvgIpc) is 2.40. The van der Waals surface area contributed by atoms with Gasteiger partial charge in [-0.3, -0.25) is 14.4 Å². The molecule has 0 aromatic heterocycles. The minimum atomic E-state index is -1.41. The first kappa shape index (κ1) is 14.7. The summed E-state index contributed by atoms with van der Waals surface area (Å²) in [7, 11) is 0. The minimum Gasteiger partial charge on any atom is -0.507 e. The van der Waals surface area contributed by atoms with Crippen LogP contribution in [-0.4, -0.2) is 44.1 Å². The number of phenols is 1. The summed E-state index contributed by atoms with van der Waals surface area (Å²) in [5, 5.41) is 37.8. The zero-order chi connectivity index (χ0) is 15.7. The fourth-order valence-electron chi connectivity index (χ4n) is 2.20. The normalized spacial score (nSPS) is 15.9. The third-order valence-corrected chi connectivity index (χ3v) is 3.14. The number of aliphatic carboxylic acids is 1. The first-order chi connectivity index (χ1) is 9.82. The number of hydrogen-bond donors (Lipinski definition) is 4. The lowest BCUT2D eigenvalue weighted by atomic mass is 9.85. The fraction of sp³-hybridized carbons (Fsp3) is 0.214. The number of Topliss-reactive ketones (excluding diaryl/α,β-unsaturated/α-hetero) is 2. The van der Waals surface area contributed by atoms with Crippen LogP contribution in [0.25, 0.3) is 5.76 Å². The Morgan fingerprint density at radius 3 is 2.43 bits per heavy atom. The number of phenolic OH excluding ortho intramolecular Hbond substituents is 1. The molecule has 4 N–H and O–H groups in total. The van der Waals surface area contributed by atoms with Gasteiger partial charge in [0, 0.05) is 17.6 Å². The number of aliphatic hydroxyl groups excluding tert-OH is 2. The molecule has 0 unspecified atom stereocenters. The fourth-order valence-corrected chi connectivity index (χ4v) is 2.20. The molecule has 0 spiro atoms. The maximum Gasteiger partial charge on any atom is 0.305 e. The highest BCUT2D eigenvalue weighted by Gasteiger charge is 2.35. The number of rotatable bonds is 4. The number of carbonyl (C=O) groups excluding carboxylic acids is 2. The van der Waals surface area contributed by atoms with Gasteiger partial charge in [-0.25, -0.2) is 0 Å². The summed E-state index contributed by atoms with van der Waals surface area (Å²) in [4.78, 5) is 34.4. The smallest absolute Gasteiger partial charge is 0.305 e. The van der Waals surface area contributed by atoms with Crippen LogP contribution < -0.4 is 0 Å². The predicted octanol–water partition coefficient (Wildman–Crippen LogP) is 0.652. The average molecular weight is 292 g/mol. The molecule has 2 rings (SSSR count). The number of carboxylic acids is 1. The van der Waals surface area contributed by atoms with Crippen molar-refractivity contribution in [3.05, 3.63) is 34.9 Å². The molecule has 0 saturated carbocycles. The molecular weight excluding hydrogens is 280 g/mol. The Hall–Kier alpha value is -2.67. The Labute approximate surface area is 118 Å². The van der Waals surface area contributed by atoms with E-state index in [0.717, 1.165) is 0 Å². The number of hydrogen-bond acceptors (Lipinski definition) is 6. The van der Waals surface area contributed by atoms with Gasteiger partial charge in [0.05, 0.1) is 18.1 Å². The topological polar surface area (TPSA) is 132 Å². The summed E-state index contributed by atoms with van der Waals surface area (Å²) in [5.74, 6) is -4.29. The van der Waals surface area contributed by atoms with E-state index in [9.17, 15) is 29.7 Å². The van der Waals surface area contributed by atoms with E-state index >= 15 is 0 Å². The number of carbonyl (C=O) groups is 3. The number of ketones is 2. The number of fused-ring (bicyclic) bond motifs is 1. The molecule has 0 amide bonds. The van der Waals surface area contributed by atoms with Gasteiger partial charge in [-0.15, -0.1) is 0 Å². The van der Waals surface area contributed by atoms with Gasteiger partial charge in [-0.1, -0.05) is 12.1 Å². The molecule has 1 aliphatic carbocycles. The third kappa shape index (κ3) is 2.63. The van der Waals surface area contributed by atoms with Crippen LogP contribution in [0.15, 0.2) is 23.8 Å². The lowest BCUT2D eigenvalue weighted by Gasteiger charge is -2.19. The van der Waals surface area contributed by atoms with Gasteiger partial charge in [0.1, 0.15) is 11.5 Å². The first-order valence-corrected chi connectivity index (χ1v) is 6.06. The van der Waals surface area contributed by atoms with Crippen molar-refractivity contribution in [3.63, 3.8) is 0 Å². The van der Waals surface area contributed by atoms with Crippen molar-refractivity contribution < 1.29 is 34.8 Å². The molecule has 110 valence electrons. The van der Waals surface area contributed by atoms with Crippen molar-refractivity contribution in [2.45, 2.75) is 18.9 Å². The van der Waals surface area contributed by atoms with Crippen molar-refractivity contribution >= 4 is 23.3 Å². The quantitative estimate of drug-likeness (QED) is 0.599. The predicted molar refractivity (Wildman–Crippen MR) is 69.9 cm³/mol. The van der Waals surface area contributed by atoms with E-state index in [4.69, 9.17) is 5.11 Å².